The zero-order valence-electron chi connectivity index (χ0n) is 8.70. The number of ether oxygens (including phenoxy) is 1. The summed E-state index contributed by atoms with van der Waals surface area (Å²) in [6.45, 7) is 2.57. The van der Waals surface area contributed by atoms with E-state index in [2.05, 4.69) is 20.7 Å². The first-order chi connectivity index (χ1) is 7.22. The number of halogens is 1. The average Bonchev–Trinajstić information content (AvgIpc) is 2.25. The van der Waals surface area contributed by atoms with Crippen LogP contribution in [0.25, 0.3) is 0 Å². The van der Waals surface area contributed by atoms with Crippen molar-refractivity contribution in [2.45, 2.75) is 13.3 Å². The second-order valence-corrected chi connectivity index (χ2v) is 3.33. The molecule has 82 valence electrons. The number of nitrogens with one attached hydrogen (secondary N) is 1. The fourth-order valence-electron chi connectivity index (χ4n) is 0.834. The van der Waals surface area contributed by atoms with Crippen LogP contribution in [0.2, 0.25) is 5.15 Å². The first kappa shape index (κ1) is 11.9. The fourth-order valence-corrected chi connectivity index (χ4v) is 0.935. The van der Waals surface area contributed by atoms with Crippen molar-refractivity contribution in [1.82, 2.24) is 10.2 Å². The van der Waals surface area contributed by atoms with Crippen molar-refractivity contribution in [3.8, 4) is 0 Å². The summed E-state index contributed by atoms with van der Waals surface area (Å²) < 4.78 is 4.93. The molecule has 0 spiro atoms. The Balaban J connectivity index is 2.45. The topological polar surface area (TPSA) is 59.4 Å². The molecule has 1 N–H and O–H groups in total. The summed E-state index contributed by atoms with van der Waals surface area (Å²) in [6, 6.07) is 3.36. The molecular formula is C9H13ClN4O. The second-order valence-electron chi connectivity index (χ2n) is 2.94. The lowest BCUT2D eigenvalue weighted by molar-refractivity contribution is 0.207. The van der Waals surface area contributed by atoms with Gasteiger partial charge in [-0.2, -0.15) is 5.10 Å². The van der Waals surface area contributed by atoms with Crippen LogP contribution in [-0.2, 0) is 4.74 Å². The van der Waals surface area contributed by atoms with Gasteiger partial charge < -0.3 is 4.74 Å². The van der Waals surface area contributed by atoms with Crippen LogP contribution in [0, 0.1) is 0 Å². The van der Waals surface area contributed by atoms with Crippen LogP contribution in [0.5, 0.6) is 0 Å². The molecule has 0 aliphatic carbocycles. The number of rotatable bonds is 5. The maximum atomic E-state index is 5.59. The zero-order chi connectivity index (χ0) is 11.1. The Hall–Kier alpha value is -1.20. The van der Waals surface area contributed by atoms with Gasteiger partial charge >= 0.3 is 0 Å². The van der Waals surface area contributed by atoms with E-state index in [1.54, 1.807) is 19.2 Å². The summed E-state index contributed by atoms with van der Waals surface area (Å²) in [5, 5.41) is 11.9. The molecule has 1 rings (SSSR count). The first-order valence-electron chi connectivity index (χ1n) is 4.49. The van der Waals surface area contributed by atoms with E-state index in [0.29, 0.717) is 17.6 Å². The van der Waals surface area contributed by atoms with Gasteiger partial charge in [0.25, 0.3) is 0 Å². The standard InChI is InChI=1S/C9H13ClN4O/c1-7(5-6-15-2)11-13-9-4-3-8(10)12-14-9/h3-4H,5-6H2,1-2H3,(H,13,14). The summed E-state index contributed by atoms with van der Waals surface area (Å²) in [5.41, 5.74) is 3.72. The van der Waals surface area contributed by atoms with Crippen LogP contribution in [0.4, 0.5) is 5.82 Å². The molecule has 0 fully saturated rings. The molecule has 0 aliphatic heterocycles. The van der Waals surface area contributed by atoms with Crippen molar-refractivity contribution < 1.29 is 4.74 Å². The van der Waals surface area contributed by atoms with Gasteiger partial charge in [-0.05, 0) is 19.1 Å². The fraction of sp³-hybridized carbons (Fsp3) is 0.444. The highest BCUT2D eigenvalue weighted by Crippen LogP contribution is 2.05. The summed E-state index contributed by atoms with van der Waals surface area (Å²) in [7, 11) is 1.66. The molecular weight excluding hydrogens is 216 g/mol. The molecule has 6 heteroatoms. The van der Waals surface area contributed by atoms with Gasteiger partial charge in [-0.3, -0.25) is 5.43 Å². The van der Waals surface area contributed by atoms with Crippen LogP contribution in [-0.4, -0.2) is 29.6 Å². The Morgan fingerprint density at radius 1 is 1.53 bits per heavy atom. The zero-order valence-corrected chi connectivity index (χ0v) is 9.45. The number of methoxy groups -OCH3 is 1. The molecule has 1 heterocycles. The molecule has 0 saturated heterocycles. The van der Waals surface area contributed by atoms with E-state index in [1.807, 2.05) is 6.92 Å². The van der Waals surface area contributed by atoms with Crippen LogP contribution in [0.3, 0.4) is 0 Å². The minimum absolute atomic E-state index is 0.362. The molecule has 1 aromatic heterocycles. The smallest absolute Gasteiger partial charge is 0.168 e. The van der Waals surface area contributed by atoms with Gasteiger partial charge in [0, 0.05) is 19.2 Å². The van der Waals surface area contributed by atoms with Gasteiger partial charge in [-0.25, -0.2) is 0 Å². The maximum absolute atomic E-state index is 5.59. The largest absolute Gasteiger partial charge is 0.384 e. The SMILES string of the molecule is COCCC(C)=NNc1ccc(Cl)nn1. The molecule has 0 aromatic carbocycles. The second kappa shape index (κ2) is 6.31. The predicted molar refractivity (Wildman–Crippen MR) is 60.3 cm³/mol. The van der Waals surface area contributed by atoms with E-state index in [9.17, 15) is 0 Å². The highest BCUT2D eigenvalue weighted by Gasteiger charge is 1.94. The highest BCUT2D eigenvalue weighted by molar-refractivity contribution is 6.29. The molecule has 1 aromatic rings. The minimum atomic E-state index is 0.362. The van der Waals surface area contributed by atoms with Crippen molar-refractivity contribution >= 4 is 23.1 Å². The lowest BCUT2D eigenvalue weighted by Gasteiger charge is -2.01. The Kier molecular flexibility index (Phi) is 5.00. The third-order valence-electron chi connectivity index (χ3n) is 1.66. The summed E-state index contributed by atoms with van der Waals surface area (Å²) in [4.78, 5) is 0. The van der Waals surface area contributed by atoms with E-state index in [4.69, 9.17) is 16.3 Å². The van der Waals surface area contributed by atoms with E-state index in [-0.39, 0.29) is 0 Å². The third kappa shape index (κ3) is 4.71. The van der Waals surface area contributed by atoms with Gasteiger partial charge in [0.2, 0.25) is 0 Å². The number of hydrazone groups is 1. The van der Waals surface area contributed by atoms with E-state index >= 15 is 0 Å². The molecule has 0 atom stereocenters. The van der Waals surface area contributed by atoms with Crippen LogP contribution in [0.15, 0.2) is 17.2 Å². The molecule has 0 amide bonds. The van der Waals surface area contributed by atoms with Crippen molar-refractivity contribution in [3.05, 3.63) is 17.3 Å². The van der Waals surface area contributed by atoms with Crippen molar-refractivity contribution in [3.63, 3.8) is 0 Å². The maximum Gasteiger partial charge on any atom is 0.168 e. The highest BCUT2D eigenvalue weighted by atomic mass is 35.5. The minimum Gasteiger partial charge on any atom is -0.384 e. The number of hydrogen-bond donors (Lipinski definition) is 1. The summed E-state index contributed by atoms with van der Waals surface area (Å²) in [6.07, 6.45) is 0.782. The summed E-state index contributed by atoms with van der Waals surface area (Å²) in [5.74, 6) is 0.566. The van der Waals surface area contributed by atoms with E-state index in [1.165, 1.54) is 0 Å². The monoisotopic (exact) mass is 228 g/mol. The predicted octanol–water partition coefficient (Wildman–Crippen LogP) is 1.95. The lowest BCUT2D eigenvalue weighted by atomic mass is 10.3. The van der Waals surface area contributed by atoms with Crippen LogP contribution >= 0.6 is 11.6 Å². The van der Waals surface area contributed by atoms with Gasteiger partial charge in [-0.15, -0.1) is 10.2 Å². The van der Waals surface area contributed by atoms with E-state index in [0.717, 1.165) is 12.1 Å². The van der Waals surface area contributed by atoms with Gasteiger partial charge in [0.1, 0.15) is 0 Å². The lowest BCUT2D eigenvalue weighted by Crippen LogP contribution is -2.02. The van der Waals surface area contributed by atoms with E-state index < -0.39 is 0 Å². The van der Waals surface area contributed by atoms with Gasteiger partial charge in [-0.1, -0.05) is 11.6 Å². The molecule has 5 nitrogen and oxygen atoms in total. The first-order valence-corrected chi connectivity index (χ1v) is 4.87. The Morgan fingerprint density at radius 2 is 2.33 bits per heavy atom. The Labute approximate surface area is 93.5 Å². The van der Waals surface area contributed by atoms with Crippen molar-refractivity contribution in [2.24, 2.45) is 5.10 Å². The van der Waals surface area contributed by atoms with Crippen molar-refractivity contribution in [2.75, 3.05) is 19.1 Å². The molecule has 0 unspecified atom stereocenters. The van der Waals surface area contributed by atoms with Crippen LogP contribution < -0.4 is 5.43 Å². The van der Waals surface area contributed by atoms with Gasteiger partial charge in [0.05, 0.1) is 6.61 Å². The quantitative estimate of drug-likeness (QED) is 0.618. The molecule has 15 heavy (non-hydrogen) atoms. The third-order valence-corrected chi connectivity index (χ3v) is 1.86. The Bertz CT molecular complexity index is 325. The Morgan fingerprint density at radius 3 is 2.93 bits per heavy atom. The van der Waals surface area contributed by atoms with Crippen molar-refractivity contribution in [1.29, 1.82) is 0 Å². The normalized spacial score (nSPS) is 11.5. The number of nitrogens with zero attached hydrogens (tertiary/aromatic N) is 3. The molecule has 0 aliphatic rings. The number of hydrogen-bond acceptors (Lipinski definition) is 5. The molecule has 0 bridgehead atoms. The van der Waals surface area contributed by atoms with Crippen LogP contribution in [0.1, 0.15) is 13.3 Å². The average molecular weight is 229 g/mol. The molecule has 0 saturated carbocycles. The number of anilines is 1. The van der Waals surface area contributed by atoms with Gasteiger partial charge in [0.15, 0.2) is 11.0 Å². The molecule has 0 radical (unpaired) electrons. The summed E-state index contributed by atoms with van der Waals surface area (Å²) >= 11 is 5.59. The number of aromatic nitrogens is 2.